The standard InChI is InChI=1S/C13H15ClO3/c1-8(13(15)16)4-5-17-12-9(2)6-11(14)7-10(12)3/h4,6-7H,5H2,1-3H3,(H,15,16). The molecule has 0 unspecified atom stereocenters. The fourth-order valence-electron chi connectivity index (χ4n) is 1.46. The predicted octanol–water partition coefficient (Wildman–Crippen LogP) is 3.37. The van der Waals surface area contributed by atoms with Gasteiger partial charge >= 0.3 is 5.97 Å². The summed E-state index contributed by atoms with van der Waals surface area (Å²) in [5.74, 6) is -0.179. The maximum absolute atomic E-state index is 10.6. The highest BCUT2D eigenvalue weighted by Crippen LogP contribution is 2.26. The highest BCUT2D eigenvalue weighted by Gasteiger charge is 2.05. The van der Waals surface area contributed by atoms with Crippen LogP contribution < -0.4 is 4.74 Å². The van der Waals surface area contributed by atoms with Gasteiger partial charge in [0.25, 0.3) is 0 Å². The van der Waals surface area contributed by atoms with Crippen LogP contribution >= 0.6 is 11.6 Å². The van der Waals surface area contributed by atoms with Crippen molar-refractivity contribution in [2.75, 3.05) is 6.61 Å². The van der Waals surface area contributed by atoms with Crippen LogP contribution in [0.5, 0.6) is 5.75 Å². The minimum Gasteiger partial charge on any atom is -0.489 e. The van der Waals surface area contributed by atoms with Crippen molar-refractivity contribution in [3.63, 3.8) is 0 Å². The molecule has 0 radical (unpaired) electrons. The summed E-state index contributed by atoms with van der Waals surface area (Å²) in [5, 5.41) is 9.35. The van der Waals surface area contributed by atoms with Gasteiger partial charge in [0.05, 0.1) is 0 Å². The Balaban J connectivity index is 2.77. The zero-order valence-electron chi connectivity index (χ0n) is 10.1. The summed E-state index contributed by atoms with van der Waals surface area (Å²) < 4.78 is 5.55. The van der Waals surface area contributed by atoms with Gasteiger partial charge in [-0.15, -0.1) is 0 Å². The van der Waals surface area contributed by atoms with Crippen molar-refractivity contribution in [3.8, 4) is 5.75 Å². The van der Waals surface area contributed by atoms with Crippen molar-refractivity contribution in [1.29, 1.82) is 0 Å². The Morgan fingerprint density at radius 3 is 2.41 bits per heavy atom. The third kappa shape index (κ3) is 3.79. The van der Waals surface area contributed by atoms with Crippen LogP contribution in [0.15, 0.2) is 23.8 Å². The first-order valence-electron chi connectivity index (χ1n) is 5.21. The second-order valence-electron chi connectivity index (χ2n) is 3.87. The molecule has 0 fully saturated rings. The zero-order chi connectivity index (χ0) is 13.0. The lowest BCUT2D eigenvalue weighted by Gasteiger charge is -2.11. The van der Waals surface area contributed by atoms with Gasteiger partial charge < -0.3 is 9.84 Å². The Labute approximate surface area is 106 Å². The lowest BCUT2D eigenvalue weighted by molar-refractivity contribution is -0.132. The maximum atomic E-state index is 10.6. The average Bonchev–Trinajstić information content (AvgIpc) is 2.21. The first-order chi connectivity index (χ1) is 7.91. The molecule has 4 heteroatoms. The van der Waals surface area contributed by atoms with E-state index in [9.17, 15) is 4.79 Å². The predicted molar refractivity (Wildman–Crippen MR) is 67.8 cm³/mol. The molecule has 0 heterocycles. The molecule has 0 aliphatic carbocycles. The molecule has 1 rings (SSSR count). The van der Waals surface area contributed by atoms with E-state index in [1.807, 2.05) is 26.0 Å². The van der Waals surface area contributed by atoms with E-state index in [1.54, 1.807) is 0 Å². The van der Waals surface area contributed by atoms with Crippen LogP contribution in [0.2, 0.25) is 5.02 Å². The lowest BCUT2D eigenvalue weighted by atomic mass is 10.1. The molecule has 0 aliphatic heterocycles. The average molecular weight is 255 g/mol. The van der Waals surface area contributed by atoms with Crippen LogP contribution in [0, 0.1) is 13.8 Å². The molecule has 1 aromatic carbocycles. The molecule has 0 spiro atoms. The molecule has 0 aliphatic rings. The van der Waals surface area contributed by atoms with E-state index in [4.69, 9.17) is 21.4 Å². The number of hydrogen-bond acceptors (Lipinski definition) is 2. The Bertz CT molecular complexity index is 441. The number of benzene rings is 1. The van der Waals surface area contributed by atoms with Gasteiger partial charge in [0, 0.05) is 10.6 Å². The summed E-state index contributed by atoms with van der Waals surface area (Å²) in [4.78, 5) is 10.6. The van der Waals surface area contributed by atoms with Crippen molar-refractivity contribution < 1.29 is 14.6 Å². The fourth-order valence-corrected chi connectivity index (χ4v) is 1.79. The van der Waals surface area contributed by atoms with Crippen LogP contribution in [0.1, 0.15) is 18.1 Å². The minimum atomic E-state index is -0.932. The van der Waals surface area contributed by atoms with Crippen molar-refractivity contribution >= 4 is 17.6 Å². The van der Waals surface area contributed by atoms with Gasteiger partial charge in [-0.1, -0.05) is 11.6 Å². The first-order valence-corrected chi connectivity index (χ1v) is 5.59. The molecule has 0 atom stereocenters. The van der Waals surface area contributed by atoms with Gasteiger partial charge in [0.2, 0.25) is 0 Å². The van der Waals surface area contributed by atoms with E-state index in [-0.39, 0.29) is 12.2 Å². The normalized spacial score (nSPS) is 11.4. The third-order valence-corrected chi connectivity index (χ3v) is 2.60. The van der Waals surface area contributed by atoms with Crippen LogP contribution in [0.25, 0.3) is 0 Å². The molecule has 1 aromatic rings. The van der Waals surface area contributed by atoms with Gasteiger partial charge in [-0.25, -0.2) is 4.79 Å². The van der Waals surface area contributed by atoms with Crippen molar-refractivity contribution in [2.24, 2.45) is 0 Å². The number of aliphatic carboxylic acids is 1. The quantitative estimate of drug-likeness (QED) is 0.838. The number of rotatable bonds is 4. The lowest BCUT2D eigenvalue weighted by Crippen LogP contribution is -2.02. The van der Waals surface area contributed by atoms with E-state index < -0.39 is 5.97 Å². The molecule has 0 saturated heterocycles. The number of carboxylic acids is 1. The second-order valence-corrected chi connectivity index (χ2v) is 4.31. The smallest absolute Gasteiger partial charge is 0.331 e. The van der Waals surface area contributed by atoms with Gasteiger partial charge in [0.1, 0.15) is 12.4 Å². The van der Waals surface area contributed by atoms with Crippen LogP contribution in [0.4, 0.5) is 0 Å². The van der Waals surface area contributed by atoms with Gasteiger partial charge in [0.15, 0.2) is 0 Å². The summed E-state index contributed by atoms with van der Waals surface area (Å²) in [6, 6.07) is 3.63. The number of hydrogen-bond donors (Lipinski definition) is 1. The maximum Gasteiger partial charge on any atom is 0.331 e. The fraction of sp³-hybridized carbons (Fsp3) is 0.308. The van der Waals surface area contributed by atoms with Gasteiger partial charge in [-0.2, -0.15) is 0 Å². The molecule has 0 bridgehead atoms. The van der Waals surface area contributed by atoms with Crippen LogP contribution in [0.3, 0.4) is 0 Å². The highest BCUT2D eigenvalue weighted by atomic mass is 35.5. The summed E-state index contributed by atoms with van der Waals surface area (Å²) in [6.45, 7) is 5.58. The minimum absolute atomic E-state index is 0.238. The number of ether oxygens (including phenoxy) is 1. The molecule has 0 amide bonds. The van der Waals surface area contributed by atoms with E-state index in [0.717, 1.165) is 16.9 Å². The Kier molecular flexibility index (Phi) is 4.58. The van der Waals surface area contributed by atoms with Crippen molar-refractivity contribution in [3.05, 3.63) is 39.9 Å². The Morgan fingerprint density at radius 2 is 1.94 bits per heavy atom. The van der Waals surface area contributed by atoms with Crippen LogP contribution in [-0.4, -0.2) is 17.7 Å². The van der Waals surface area contributed by atoms with E-state index in [2.05, 4.69) is 0 Å². The van der Waals surface area contributed by atoms with Crippen LogP contribution in [-0.2, 0) is 4.79 Å². The molecule has 3 nitrogen and oxygen atoms in total. The summed E-state index contributed by atoms with van der Waals surface area (Å²) in [7, 11) is 0. The van der Waals surface area contributed by atoms with Gasteiger partial charge in [-0.05, 0) is 50.1 Å². The molecule has 17 heavy (non-hydrogen) atoms. The monoisotopic (exact) mass is 254 g/mol. The zero-order valence-corrected chi connectivity index (χ0v) is 10.8. The van der Waals surface area contributed by atoms with Crippen molar-refractivity contribution in [1.82, 2.24) is 0 Å². The Morgan fingerprint density at radius 1 is 1.41 bits per heavy atom. The molecule has 0 saturated carbocycles. The Hall–Kier alpha value is -1.48. The largest absolute Gasteiger partial charge is 0.489 e. The van der Waals surface area contributed by atoms with E-state index >= 15 is 0 Å². The third-order valence-electron chi connectivity index (χ3n) is 2.38. The van der Waals surface area contributed by atoms with E-state index in [1.165, 1.54) is 13.0 Å². The number of aryl methyl sites for hydroxylation is 2. The molecular formula is C13H15ClO3. The SMILES string of the molecule is CC(=CCOc1c(C)cc(Cl)cc1C)C(=O)O. The first kappa shape index (κ1) is 13.6. The number of carbonyl (C=O) groups is 1. The van der Waals surface area contributed by atoms with Crippen molar-refractivity contribution in [2.45, 2.75) is 20.8 Å². The summed E-state index contributed by atoms with van der Waals surface area (Å²) in [6.07, 6.45) is 1.54. The molecular weight excluding hydrogens is 240 g/mol. The number of halogens is 1. The topological polar surface area (TPSA) is 46.5 Å². The molecule has 1 N–H and O–H groups in total. The highest BCUT2D eigenvalue weighted by molar-refractivity contribution is 6.30. The van der Waals surface area contributed by atoms with Gasteiger partial charge in [-0.3, -0.25) is 0 Å². The summed E-state index contributed by atoms with van der Waals surface area (Å²) in [5.41, 5.74) is 2.15. The number of carboxylic acid groups (broad SMARTS) is 1. The molecule has 0 aromatic heterocycles. The van der Waals surface area contributed by atoms with E-state index in [0.29, 0.717) is 5.02 Å². The second kappa shape index (κ2) is 5.73. The molecule has 92 valence electrons. The summed E-state index contributed by atoms with van der Waals surface area (Å²) >= 11 is 5.90.